The van der Waals surface area contributed by atoms with E-state index in [0.717, 1.165) is 30.3 Å². The van der Waals surface area contributed by atoms with Crippen LogP contribution in [0.15, 0.2) is 24.4 Å². The summed E-state index contributed by atoms with van der Waals surface area (Å²) in [7, 11) is 0. The average molecular weight is 342 g/mol. The first kappa shape index (κ1) is 15.4. The van der Waals surface area contributed by atoms with E-state index in [1.165, 1.54) is 0 Å². The second kappa shape index (κ2) is 6.42. The normalized spacial score (nSPS) is 16.0. The van der Waals surface area contributed by atoms with Crippen LogP contribution in [0.25, 0.3) is 0 Å². The Hall–Kier alpha value is -3.10. The first-order valence-electron chi connectivity index (χ1n) is 8.06. The molecule has 0 spiro atoms. The van der Waals surface area contributed by atoms with Crippen molar-refractivity contribution in [2.24, 2.45) is 0 Å². The molecule has 1 aromatic carbocycles. The summed E-state index contributed by atoms with van der Waals surface area (Å²) in [6.07, 6.45) is 1.63. The Bertz CT molecular complexity index is 791. The zero-order valence-electron chi connectivity index (χ0n) is 13.8. The predicted molar refractivity (Wildman–Crippen MR) is 90.1 cm³/mol. The van der Waals surface area contributed by atoms with Gasteiger partial charge in [-0.3, -0.25) is 4.79 Å². The summed E-state index contributed by atoms with van der Waals surface area (Å²) in [5, 5.41) is 11.2. The van der Waals surface area contributed by atoms with Crippen molar-refractivity contribution in [2.45, 2.75) is 6.92 Å². The third kappa shape index (κ3) is 3.25. The molecule has 4 rings (SSSR count). The van der Waals surface area contributed by atoms with Gasteiger partial charge in [0.15, 0.2) is 17.3 Å². The minimum absolute atomic E-state index is 0.102. The van der Waals surface area contributed by atoms with Gasteiger partial charge in [0, 0.05) is 44.9 Å². The predicted octanol–water partition coefficient (Wildman–Crippen LogP) is 1.01. The van der Waals surface area contributed by atoms with E-state index >= 15 is 0 Å². The van der Waals surface area contributed by atoms with E-state index in [1.807, 2.05) is 23.1 Å². The Balaban J connectivity index is 1.46. The van der Waals surface area contributed by atoms with Gasteiger partial charge in [-0.05, 0) is 12.1 Å². The number of benzene rings is 1. The van der Waals surface area contributed by atoms with Crippen LogP contribution in [0, 0.1) is 0 Å². The minimum atomic E-state index is 0.102. The highest BCUT2D eigenvalue weighted by Crippen LogP contribution is 2.34. The first-order valence-corrected chi connectivity index (χ1v) is 8.06. The van der Waals surface area contributed by atoms with Gasteiger partial charge in [-0.2, -0.15) is 10.1 Å². The number of rotatable bonds is 3. The number of carbonyl (C=O) groups excluding carboxylic acids is 1. The molecule has 0 atom stereocenters. The summed E-state index contributed by atoms with van der Waals surface area (Å²) in [4.78, 5) is 19.9. The van der Waals surface area contributed by atoms with Crippen molar-refractivity contribution in [1.82, 2.24) is 20.1 Å². The fraction of sp³-hybridized carbons (Fsp3) is 0.375. The monoisotopic (exact) mass is 342 g/mol. The van der Waals surface area contributed by atoms with E-state index in [9.17, 15) is 4.79 Å². The SMILES string of the molecule is CC(=O)N1CCN(c2cnnc(Nc3ccc4c(c3)OCO4)n2)CC1. The number of piperazine rings is 1. The molecule has 25 heavy (non-hydrogen) atoms. The maximum atomic E-state index is 11.4. The smallest absolute Gasteiger partial charge is 0.249 e. The maximum Gasteiger partial charge on any atom is 0.249 e. The van der Waals surface area contributed by atoms with Crippen LogP contribution < -0.4 is 19.7 Å². The molecule has 0 bridgehead atoms. The maximum absolute atomic E-state index is 11.4. The van der Waals surface area contributed by atoms with Gasteiger partial charge in [0.05, 0.1) is 6.20 Å². The fourth-order valence-electron chi connectivity index (χ4n) is 2.85. The molecule has 130 valence electrons. The lowest BCUT2D eigenvalue weighted by atomic mass is 10.3. The molecule has 2 aliphatic rings. The summed E-state index contributed by atoms with van der Waals surface area (Å²) < 4.78 is 10.7. The summed E-state index contributed by atoms with van der Waals surface area (Å²) in [6, 6.07) is 5.54. The third-order valence-electron chi connectivity index (χ3n) is 4.22. The van der Waals surface area contributed by atoms with Crippen LogP contribution in [0.5, 0.6) is 11.5 Å². The molecule has 2 aromatic rings. The van der Waals surface area contributed by atoms with Gasteiger partial charge in [-0.15, -0.1) is 5.10 Å². The molecule has 9 nitrogen and oxygen atoms in total. The summed E-state index contributed by atoms with van der Waals surface area (Å²) in [5.41, 5.74) is 0.796. The van der Waals surface area contributed by atoms with E-state index < -0.39 is 0 Å². The number of fused-ring (bicyclic) bond motifs is 1. The van der Waals surface area contributed by atoms with Gasteiger partial charge in [0.1, 0.15) is 0 Å². The molecule has 0 saturated carbocycles. The number of nitrogens with one attached hydrogen (secondary N) is 1. The minimum Gasteiger partial charge on any atom is -0.454 e. The van der Waals surface area contributed by atoms with E-state index in [2.05, 4.69) is 25.4 Å². The number of amides is 1. The molecule has 1 fully saturated rings. The van der Waals surface area contributed by atoms with Gasteiger partial charge in [0.2, 0.25) is 18.6 Å². The Morgan fingerprint density at radius 3 is 2.76 bits per heavy atom. The van der Waals surface area contributed by atoms with Gasteiger partial charge >= 0.3 is 0 Å². The molecule has 0 aliphatic carbocycles. The summed E-state index contributed by atoms with van der Waals surface area (Å²) in [6.45, 7) is 4.64. The van der Waals surface area contributed by atoms with Gasteiger partial charge in [-0.1, -0.05) is 0 Å². The van der Waals surface area contributed by atoms with Crippen LogP contribution in [-0.4, -0.2) is 59.0 Å². The van der Waals surface area contributed by atoms with Crippen LogP contribution in [0.3, 0.4) is 0 Å². The first-order chi connectivity index (χ1) is 12.2. The number of hydrogen-bond donors (Lipinski definition) is 1. The molecule has 1 N–H and O–H groups in total. The second-order valence-electron chi connectivity index (χ2n) is 5.82. The van der Waals surface area contributed by atoms with Crippen LogP contribution in [0.2, 0.25) is 0 Å². The van der Waals surface area contributed by atoms with E-state index in [-0.39, 0.29) is 12.7 Å². The molecule has 2 aliphatic heterocycles. The molecule has 9 heteroatoms. The van der Waals surface area contributed by atoms with Crippen molar-refractivity contribution in [3.8, 4) is 11.5 Å². The molecule has 1 amide bonds. The topological polar surface area (TPSA) is 92.7 Å². The standard InChI is InChI=1S/C16H18N6O3/c1-11(23)21-4-6-22(7-5-21)15-9-17-20-16(19-15)18-12-2-3-13-14(8-12)25-10-24-13/h2-3,8-9H,4-7,10H2,1H3,(H,18,19,20). The number of hydrogen-bond acceptors (Lipinski definition) is 8. The molecule has 3 heterocycles. The van der Waals surface area contributed by atoms with Crippen LogP contribution >= 0.6 is 0 Å². The number of aromatic nitrogens is 3. The Kier molecular flexibility index (Phi) is 3.96. The Morgan fingerprint density at radius 2 is 1.96 bits per heavy atom. The van der Waals surface area contributed by atoms with Crippen molar-refractivity contribution < 1.29 is 14.3 Å². The highest BCUT2D eigenvalue weighted by Gasteiger charge is 2.20. The average Bonchev–Trinajstić information content (AvgIpc) is 3.10. The van der Waals surface area contributed by atoms with Gasteiger partial charge in [-0.25, -0.2) is 0 Å². The molecular weight excluding hydrogens is 324 g/mol. The molecular formula is C16H18N6O3. The number of ether oxygens (including phenoxy) is 2. The Labute approximate surface area is 144 Å². The third-order valence-corrected chi connectivity index (χ3v) is 4.22. The lowest BCUT2D eigenvalue weighted by Crippen LogP contribution is -2.48. The summed E-state index contributed by atoms with van der Waals surface area (Å²) in [5.74, 6) is 2.66. The fourth-order valence-corrected chi connectivity index (χ4v) is 2.85. The molecule has 1 aromatic heterocycles. The zero-order chi connectivity index (χ0) is 17.2. The zero-order valence-corrected chi connectivity index (χ0v) is 13.8. The summed E-state index contributed by atoms with van der Waals surface area (Å²) >= 11 is 0. The molecule has 0 radical (unpaired) electrons. The van der Waals surface area contributed by atoms with Crippen LogP contribution in [-0.2, 0) is 4.79 Å². The Morgan fingerprint density at radius 1 is 1.16 bits per heavy atom. The number of carbonyl (C=O) groups is 1. The van der Waals surface area contributed by atoms with Crippen molar-refractivity contribution in [1.29, 1.82) is 0 Å². The lowest BCUT2D eigenvalue weighted by molar-refractivity contribution is -0.129. The van der Waals surface area contributed by atoms with Crippen LogP contribution in [0.4, 0.5) is 17.5 Å². The van der Waals surface area contributed by atoms with E-state index in [0.29, 0.717) is 24.8 Å². The van der Waals surface area contributed by atoms with Crippen molar-refractivity contribution in [2.75, 3.05) is 43.2 Å². The van der Waals surface area contributed by atoms with E-state index in [4.69, 9.17) is 9.47 Å². The van der Waals surface area contributed by atoms with Crippen molar-refractivity contribution in [3.63, 3.8) is 0 Å². The van der Waals surface area contributed by atoms with Crippen molar-refractivity contribution >= 4 is 23.4 Å². The lowest BCUT2D eigenvalue weighted by Gasteiger charge is -2.34. The highest BCUT2D eigenvalue weighted by atomic mass is 16.7. The second-order valence-corrected chi connectivity index (χ2v) is 5.82. The largest absolute Gasteiger partial charge is 0.454 e. The molecule has 0 unspecified atom stereocenters. The van der Waals surface area contributed by atoms with Crippen LogP contribution in [0.1, 0.15) is 6.92 Å². The molecule has 1 saturated heterocycles. The van der Waals surface area contributed by atoms with E-state index in [1.54, 1.807) is 13.1 Å². The number of nitrogens with zero attached hydrogens (tertiary/aromatic N) is 5. The van der Waals surface area contributed by atoms with Gasteiger partial charge in [0.25, 0.3) is 0 Å². The highest BCUT2D eigenvalue weighted by molar-refractivity contribution is 5.73. The quantitative estimate of drug-likeness (QED) is 0.883. The van der Waals surface area contributed by atoms with Gasteiger partial charge < -0.3 is 24.6 Å². The number of anilines is 3. The van der Waals surface area contributed by atoms with Crippen molar-refractivity contribution in [3.05, 3.63) is 24.4 Å².